The number of carboxylic acids is 1. The van der Waals surface area contributed by atoms with Gasteiger partial charge in [0.25, 0.3) is 5.91 Å². The molecule has 0 aliphatic carbocycles. The van der Waals surface area contributed by atoms with Crippen LogP contribution in [0.3, 0.4) is 0 Å². The number of nitrogens with zero attached hydrogens (tertiary/aromatic N) is 1. The first-order valence-corrected chi connectivity index (χ1v) is 8.76. The largest absolute Gasteiger partial charge is 0.480 e. The zero-order chi connectivity index (χ0) is 18.4. The normalized spacial score (nSPS) is 16.5. The number of hydrogen-bond donors (Lipinski definition) is 2. The van der Waals surface area contributed by atoms with Gasteiger partial charge >= 0.3 is 5.97 Å². The van der Waals surface area contributed by atoms with Crippen LogP contribution in [0.5, 0.6) is 0 Å². The van der Waals surface area contributed by atoms with E-state index < -0.39 is 12.0 Å². The van der Waals surface area contributed by atoms with Gasteiger partial charge < -0.3 is 15.3 Å². The van der Waals surface area contributed by atoms with Gasteiger partial charge in [0.15, 0.2) is 0 Å². The van der Waals surface area contributed by atoms with E-state index in [0.717, 1.165) is 0 Å². The van der Waals surface area contributed by atoms with E-state index in [1.54, 1.807) is 17.0 Å². The Morgan fingerprint density at radius 3 is 2.28 bits per heavy atom. The lowest BCUT2D eigenvalue weighted by molar-refractivity contribution is -0.143. The minimum Gasteiger partial charge on any atom is -0.480 e. The Bertz CT molecular complexity index is 607. The van der Waals surface area contributed by atoms with E-state index in [0.29, 0.717) is 37.9 Å². The summed E-state index contributed by atoms with van der Waals surface area (Å²) < 4.78 is 0. The van der Waals surface area contributed by atoms with E-state index in [4.69, 9.17) is 0 Å². The van der Waals surface area contributed by atoms with Crippen LogP contribution >= 0.6 is 0 Å². The Hall–Kier alpha value is -2.37. The van der Waals surface area contributed by atoms with E-state index in [-0.39, 0.29) is 23.7 Å². The van der Waals surface area contributed by atoms with Crippen molar-refractivity contribution in [3.05, 3.63) is 35.9 Å². The first kappa shape index (κ1) is 19.0. The van der Waals surface area contributed by atoms with Crippen molar-refractivity contribution in [1.82, 2.24) is 10.2 Å². The molecule has 0 radical (unpaired) electrons. The van der Waals surface area contributed by atoms with Crippen LogP contribution in [-0.2, 0) is 9.59 Å². The van der Waals surface area contributed by atoms with E-state index in [2.05, 4.69) is 5.32 Å². The predicted octanol–water partition coefficient (Wildman–Crippen LogP) is 2.15. The highest BCUT2D eigenvalue weighted by Crippen LogP contribution is 2.20. The molecule has 25 heavy (non-hydrogen) atoms. The lowest BCUT2D eigenvalue weighted by atomic mass is 9.94. The topological polar surface area (TPSA) is 86.7 Å². The highest BCUT2D eigenvalue weighted by atomic mass is 16.4. The molecule has 0 saturated carbocycles. The highest BCUT2D eigenvalue weighted by Gasteiger charge is 2.30. The number of carboxylic acid groups (broad SMARTS) is 1. The third-order valence-corrected chi connectivity index (χ3v) is 4.50. The molecular weight excluding hydrogens is 320 g/mol. The second-order valence-corrected chi connectivity index (χ2v) is 6.96. The monoisotopic (exact) mass is 346 g/mol. The van der Waals surface area contributed by atoms with Gasteiger partial charge in [-0.3, -0.25) is 9.59 Å². The van der Waals surface area contributed by atoms with Crippen molar-refractivity contribution < 1.29 is 19.5 Å². The van der Waals surface area contributed by atoms with Crippen LogP contribution in [0.25, 0.3) is 0 Å². The molecule has 6 heteroatoms. The number of carbonyl (C=O) groups is 3. The van der Waals surface area contributed by atoms with Gasteiger partial charge in [0.2, 0.25) is 5.91 Å². The zero-order valence-electron chi connectivity index (χ0n) is 14.8. The molecule has 136 valence electrons. The van der Waals surface area contributed by atoms with E-state index in [1.807, 2.05) is 32.0 Å². The molecule has 2 rings (SSSR count). The molecule has 1 aliphatic heterocycles. The fourth-order valence-electron chi connectivity index (χ4n) is 3.09. The molecule has 2 amide bonds. The number of rotatable bonds is 6. The van der Waals surface area contributed by atoms with E-state index in [9.17, 15) is 19.5 Å². The quantitative estimate of drug-likeness (QED) is 0.826. The number of aliphatic carboxylic acids is 1. The number of hydrogen-bond acceptors (Lipinski definition) is 3. The van der Waals surface area contributed by atoms with Gasteiger partial charge in [-0.05, 0) is 37.3 Å². The lowest BCUT2D eigenvalue weighted by Crippen LogP contribution is -2.47. The molecular formula is C19H26N2O4. The van der Waals surface area contributed by atoms with Crippen LogP contribution in [0, 0.1) is 11.8 Å². The third-order valence-electron chi connectivity index (χ3n) is 4.50. The molecule has 2 N–H and O–H groups in total. The average Bonchev–Trinajstić information content (AvgIpc) is 2.61. The van der Waals surface area contributed by atoms with Crippen LogP contribution < -0.4 is 5.32 Å². The summed E-state index contributed by atoms with van der Waals surface area (Å²) in [5.74, 6) is -1.30. The maximum Gasteiger partial charge on any atom is 0.326 e. The number of piperidine rings is 1. The Morgan fingerprint density at radius 2 is 1.76 bits per heavy atom. The summed E-state index contributed by atoms with van der Waals surface area (Å²) in [7, 11) is 0. The SMILES string of the molecule is CC(C)C[C@H](NC(=O)C1CCN(C(=O)c2ccccc2)CC1)C(=O)O. The average molecular weight is 346 g/mol. The van der Waals surface area contributed by atoms with Crippen molar-refractivity contribution >= 4 is 17.8 Å². The maximum absolute atomic E-state index is 12.4. The van der Waals surface area contributed by atoms with Crippen molar-refractivity contribution in [2.45, 2.75) is 39.2 Å². The third kappa shape index (κ3) is 5.31. The number of benzene rings is 1. The molecule has 0 unspecified atom stereocenters. The molecule has 0 aromatic heterocycles. The summed E-state index contributed by atoms with van der Waals surface area (Å²) in [5, 5.41) is 11.9. The number of carbonyl (C=O) groups excluding carboxylic acids is 2. The first-order chi connectivity index (χ1) is 11.9. The molecule has 0 bridgehead atoms. The van der Waals surface area contributed by atoms with Crippen molar-refractivity contribution in [3.8, 4) is 0 Å². The fraction of sp³-hybridized carbons (Fsp3) is 0.526. The van der Waals surface area contributed by atoms with Crippen LogP contribution in [0.1, 0.15) is 43.5 Å². The van der Waals surface area contributed by atoms with Gasteiger partial charge in [0.05, 0.1) is 0 Å². The van der Waals surface area contributed by atoms with Gasteiger partial charge in [-0.2, -0.15) is 0 Å². The van der Waals surface area contributed by atoms with Gasteiger partial charge in [-0.25, -0.2) is 4.79 Å². The van der Waals surface area contributed by atoms with E-state index >= 15 is 0 Å². The maximum atomic E-state index is 12.4. The molecule has 1 aliphatic rings. The van der Waals surface area contributed by atoms with Crippen molar-refractivity contribution in [1.29, 1.82) is 0 Å². The van der Waals surface area contributed by atoms with E-state index in [1.165, 1.54) is 0 Å². The standard InChI is InChI=1S/C19H26N2O4/c1-13(2)12-16(19(24)25)20-17(22)14-8-10-21(11-9-14)18(23)15-6-4-3-5-7-15/h3-7,13-14,16H,8-12H2,1-2H3,(H,20,22)(H,24,25)/t16-/m0/s1. The Balaban J connectivity index is 1.87. The second-order valence-electron chi connectivity index (χ2n) is 6.96. The molecule has 1 atom stereocenters. The summed E-state index contributed by atoms with van der Waals surface area (Å²) in [6, 6.07) is 8.23. The number of nitrogens with one attached hydrogen (secondary N) is 1. The Morgan fingerprint density at radius 1 is 1.16 bits per heavy atom. The summed E-state index contributed by atoms with van der Waals surface area (Å²) in [5.41, 5.74) is 0.647. The molecule has 6 nitrogen and oxygen atoms in total. The van der Waals surface area contributed by atoms with Crippen LogP contribution in [-0.4, -0.2) is 46.9 Å². The molecule has 1 aromatic rings. The second kappa shape index (κ2) is 8.65. The minimum absolute atomic E-state index is 0.0253. The van der Waals surface area contributed by atoms with Gasteiger partial charge in [0, 0.05) is 24.6 Å². The minimum atomic E-state index is -1.00. The van der Waals surface area contributed by atoms with Crippen LogP contribution in [0.15, 0.2) is 30.3 Å². The number of amides is 2. The first-order valence-electron chi connectivity index (χ1n) is 8.76. The summed E-state index contributed by atoms with van der Waals surface area (Å²) >= 11 is 0. The van der Waals surface area contributed by atoms with Crippen molar-refractivity contribution in [2.24, 2.45) is 11.8 Å². The van der Waals surface area contributed by atoms with Gasteiger partial charge in [-0.15, -0.1) is 0 Å². The van der Waals surface area contributed by atoms with Gasteiger partial charge in [-0.1, -0.05) is 32.0 Å². The zero-order valence-corrected chi connectivity index (χ0v) is 14.8. The van der Waals surface area contributed by atoms with Crippen molar-refractivity contribution in [2.75, 3.05) is 13.1 Å². The number of likely N-dealkylation sites (tertiary alicyclic amines) is 1. The van der Waals surface area contributed by atoms with Crippen LogP contribution in [0.4, 0.5) is 0 Å². The summed E-state index contributed by atoms with van der Waals surface area (Å²) in [4.78, 5) is 37.8. The summed E-state index contributed by atoms with van der Waals surface area (Å²) in [6.07, 6.45) is 1.52. The molecule has 1 aromatic carbocycles. The molecule has 0 spiro atoms. The predicted molar refractivity (Wildman–Crippen MR) is 94.1 cm³/mol. The van der Waals surface area contributed by atoms with Crippen LogP contribution in [0.2, 0.25) is 0 Å². The fourth-order valence-corrected chi connectivity index (χ4v) is 3.09. The summed E-state index contributed by atoms with van der Waals surface area (Å²) in [6.45, 7) is 4.87. The smallest absolute Gasteiger partial charge is 0.326 e. The van der Waals surface area contributed by atoms with Crippen molar-refractivity contribution in [3.63, 3.8) is 0 Å². The molecule has 1 heterocycles. The Kier molecular flexibility index (Phi) is 6.56. The molecule has 1 fully saturated rings. The lowest BCUT2D eigenvalue weighted by Gasteiger charge is -2.32. The highest BCUT2D eigenvalue weighted by molar-refractivity contribution is 5.94. The van der Waals surface area contributed by atoms with Gasteiger partial charge in [0.1, 0.15) is 6.04 Å². The Labute approximate surface area is 148 Å². The molecule has 1 saturated heterocycles.